The van der Waals surface area contributed by atoms with Crippen molar-refractivity contribution in [3.63, 3.8) is 0 Å². The summed E-state index contributed by atoms with van der Waals surface area (Å²) in [6, 6.07) is 6.48. The van der Waals surface area contributed by atoms with Gasteiger partial charge in [-0.3, -0.25) is 4.79 Å². The Bertz CT molecular complexity index is 464. The molecule has 0 heterocycles. The van der Waals surface area contributed by atoms with Crippen molar-refractivity contribution in [3.8, 4) is 5.75 Å². The second-order valence-electron chi connectivity index (χ2n) is 4.29. The predicted molar refractivity (Wildman–Crippen MR) is 79.2 cm³/mol. The highest BCUT2D eigenvalue weighted by atomic mass is 32.2. The summed E-state index contributed by atoms with van der Waals surface area (Å²) in [4.78, 5) is 22.7. The molecule has 110 valence electrons. The number of rotatable bonds is 8. The Labute approximate surface area is 122 Å². The minimum Gasteiger partial charge on any atom is -0.484 e. The number of hydrogen-bond donors (Lipinski definition) is 2. The van der Waals surface area contributed by atoms with Crippen LogP contribution < -0.4 is 10.1 Å². The SMILES string of the molecule is CSCC[C@H](NC(=O)COc1ccccc1C)C(=O)O. The number of amides is 1. The summed E-state index contributed by atoms with van der Waals surface area (Å²) in [7, 11) is 0. The number of para-hydroxylation sites is 1. The molecular weight excluding hydrogens is 278 g/mol. The summed E-state index contributed by atoms with van der Waals surface area (Å²) < 4.78 is 5.37. The second kappa shape index (κ2) is 8.47. The molecule has 0 spiro atoms. The van der Waals surface area contributed by atoms with Gasteiger partial charge in [0.2, 0.25) is 0 Å². The molecule has 0 aliphatic heterocycles. The number of carboxylic acids is 1. The monoisotopic (exact) mass is 297 g/mol. The van der Waals surface area contributed by atoms with E-state index in [-0.39, 0.29) is 6.61 Å². The highest BCUT2D eigenvalue weighted by Gasteiger charge is 2.19. The van der Waals surface area contributed by atoms with Crippen molar-refractivity contribution >= 4 is 23.6 Å². The molecule has 0 radical (unpaired) electrons. The number of hydrogen-bond acceptors (Lipinski definition) is 4. The lowest BCUT2D eigenvalue weighted by Gasteiger charge is -2.14. The predicted octanol–water partition coefficient (Wildman–Crippen LogP) is 1.70. The molecule has 1 aromatic carbocycles. The molecule has 0 unspecified atom stereocenters. The maximum absolute atomic E-state index is 11.7. The molecule has 0 bridgehead atoms. The summed E-state index contributed by atoms with van der Waals surface area (Å²) in [5.41, 5.74) is 0.928. The summed E-state index contributed by atoms with van der Waals surface area (Å²) in [5, 5.41) is 11.5. The molecule has 0 aliphatic rings. The second-order valence-corrected chi connectivity index (χ2v) is 5.28. The van der Waals surface area contributed by atoms with E-state index in [9.17, 15) is 9.59 Å². The molecule has 1 amide bonds. The largest absolute Gasteiger partial charge is 0.484 e. The van der Waals surface area contributed by atoms with E-state index in [1.54, 1.807) is 17.8 Å². The lowest BCUT2D eigenvalue weighted by Crippen LogP contribution is -2.43. The van der Waals surface area contributed by atoms with Gasteiger partial charge in [-0.1, -0.05) is 18.2 Å². The third kappa shape index (κ3) is 5.52. The van der Waals surface area contributed by atoms with Crippen LogP contribution >= 0.6 is 11.8 Å². The van der Waals surface area contributed by atoms with Crippen molar-refractivity contribution in [1.29, 1.82) is 0 Å². The van der Waals surface area contributed by atoms with Gasteiger partial charge in [-0.25, -0.2) is 4.79 Å². The zero-order chi connectivity index (χ0) is 15.0. The number of carboxylic acid groups (broad SMARTS) is 1. The zero-order valence-electron chi connectivity index (χ0n) is 11.6. The lowest BCUT2D eigenvalue weighted by atomic mass is 10.2. The van der Waals surface area contributed by atoms with Crippen LogP contribution in [0.25, 0.3) is 0 Å². The Kier molecular flexibility index (Phi) is 6.93. The van der Waals surface area contributed by atoms with Gasteiger partial charge in [-0.2, -0.15) is 11.8 Å². The average Bonchev–Trinajstić information content (AvgIpc) is 2.42. The van der Waals surface area contributed by atoms with Crippen molar-refractivity contribution in [1.82, 2.24) is 5.32 Å². The molecular formula is C14H19NO4S. The van der Waals surface area contributed by atoms with E-state index in [2.05, 4.69) is 5.32 Å². The molecule has 0 fully saturated rings. The van der Waals surface area contributed by atoms with Crippen LogP contribution in [0.15, 0.2) is 24.3 Å². The van der Waals surface area contributed by atoms with Gasteiger partial charge in [0, 0.05) is 0 Å². The van der Waals surface area contributed by atoms with Crippen molar-refractivity contribution in [2.24, 2.45) is 0 Å². The van der Waals surface area contributed by atoms with Gasteiger partial charge in [0.1, 0.15) is 11.8 Å². The number of carbonyl (C=O) groups excluding carboxylic acids is 1. The topological polar surface area (TPSA) is 75.6 Å². The van der Waals surface area contributed by atoms with Crippen molar-refractivity contribution in [2.75, 3.05) is 18.6 Å². The molecule has 1 atom stereocenters. The van der Waals surface area contributed by atoms with Crippen LogP contribution in [0.1, 0.15) is 12.0 Å². The van der Waals surface area contributed by atoms with Gasteiger partial charge in [0.25, 0.3) is 5.91 Å². The Morgan fingerprint density at radius 1 is 1.40 bits per heavy atom. The van der Waals surface area contributed by atoms with Crippen molar-refractivity contribution in [2.45, 2.75) is 19.4 Å². The van der Waals surface area contributed by atoms with Crippen LogP contribution in [0.3, 0.4) is 0 Å². The van der Waals surface area contributed by atoms with E-state index < -0.39 is 17.9 Å². The zero-order valence-corrected chi connectivity index (χ0v) is 12.4. The molecule has 6 heteroatoms. The Hall–Kier alpha value is -1.69. The first kappa shape index (κ1) is 16.4. The van der Waals surface area contributed by atoms with Crippen LogP contribution in [0.4, 0.5) is 0 Å². The fourth-order valence-corrected chi connectivity index (χ4v) is 2.06. The van der Waals surface area contributed by atoms with Crippen LogP contribution in [0, 0.1) is 6.92 Å². The molecule has 0 aromatic heterocycles. The minimum absolute atomic E-state index is 0.187. The molecule has 5 nitrogen and oxygen atoms in total. The summed E-state index contributed by atoms with van der Waals surface area (Å²) >= 11 is 1.54. The van der Waals surface area contributed by atoms with E-state index in [0.717, 1.165) is 5.56 Å². The fourth-order valence-electron chi connectivity index (χ4n) is 1.59. The first-order valence-electron chi connectivity index (χ1n) is 6.24. The lowest BCUT2D eigenvalue weighted by molar-refractivity contribution is -0.142. The molecule has 1 aromatic rings. The third-order valence-corrected chi connectivity index (χ3v) is 3.34. The molecule has 0 aliphatic carbocycles. The van der Waals surface area contributed by atoms with E-state index in [1.165, 1.54) is 0 Å². The highest BCUT2D eigenvalue weighted by molar-refractivity contribution is 7.98. The fraction of sp³-hybridized carbons (Fsp3) is 0.429. The quantitative estimate of drug-likeness (QED) is 0.764. The smallest absolute Gasteiger partial charge is 0.326 e. The average molecular weight is 297 g/mol. The van der Waals surface area contributed by atoms with Gasteiger partial charge in [-0.05, 0) is 37.0 Å². The summed E-state index contributed by atoms with van der Waals surface area (Å²) in [5.74, 6) is -0.153. The van der Waals surface area contributed by atoms with Crippen LogP contribution in [-0.2, 0) is 9.59 Å². The van der Waals surface area contributed by atoms with E-state index in [0.29, 0.717) is 17.9 Å². The molecule has 1 rings (SSSR count). The maximum Gasteiger partial charge on any atom is 0.326 e. The first-order valence-corrected chi connectivity index (χ1v) is 7.63. The number of carbonyl (C=O) groups is 2. The van der Waals surface area contributed by atoms with E-state index in [1.807, 2.05) is 31.4 Å². The summed E-state index contributed by atoms with van der Waals surface area (Å²) in [6.07, 6.45) is 2.29. The normalized spacial score (nSPS) is 11.7. The number of aliphatic carboxylic acids is 1. The van der Waals surface area contributed by atoms with Gasteiger partial charge in [0.15, 0.2) is 6.61 Å². The Morgan fingerprint density at radius 2 is 2.10 bits per heavy atom. The van der Waals surface area contributed by atoms with Crippen molar-refractivity contribution in [3.05, 3.63) is 29.8 Å². The number of benzene rings is 1. The van der Waals surface area contributed by atoms with Gasteiger partial charge >= 0.3 is 5.97 Å². The molecule has 2 N–H and O–H groups in total. The number of ether oxygens (including phenoxy) is 1. The summed E-state index contributed by atoms with van der Waals surface area (Å²) in [6.45, 7) is 1.69. The van der Waals surface area contributed by atoms with Crippen LogP contribution in [0.5, 0.6) is 5.75 Å². The van der Waals surface area contributed by atoms with Crippen LogP contribution in [-0.4, -0.2) is 41.6 Å². The first-order chi connectivity index (χ1) is 9.54. The molecule has 20 heavy (non-hydrogen) atoms. The van der Waals surface area contributed by atoms with Gasteiger partial charge in [-0.15, -0.1) is 0 Å². The minimum atomic E-state index is -1.02. The van der Waals surface area contributed by atoms with Gasteiger partial charge < -0.3 is 15.2 Å². The van der Waals surface area contributed by atoms with Gasteiger partial charge in [0.05, 0.1) is 0 Å². The standard InChI is InChI=1S/C14H19NO4S/c1-10-5-3-4-6-12(10)19-9-13(16)15-11(14(17)18)7-8-20-2/h3-6,11H,7-9H2,1-2H3,(H,15,16)(H,17,18)/t11-/m0/s1. The van der Waals surface area contributed by atoms with E-state index in [4.69, 9.17) is 9.84 Å². The van der Waals surface area contributed by atoms with Crippen LogP contribution in [0.2, 0.25) is 0 Å². The third-order valence-electron chi connectivity index (χ3n) is 2.70. The number of thioether (sulfide) groups is 1. The Morgan fingerprint density at radius 3 is 2.70 bits per heavy atom. The van der Waals surface area contributed by atoms with E-state index >= 15 is 0 Å². The molecule has 0 saturated carbocycles. The maximum atomic E-state index is 11.7. The number of nitrogens with one attached hydrogen (secondary N) is 1. The number of aryl methyl sites for hydroxylation is 1. The molecule has 0 saturated heterocycles. The van der Waals surface area contributed by atoms with Crippen molar-refractivity contribution < 1.29 is 19.4 Å². The Balaban J connectivity index is 2.46. The highest BCUT2D eigenvalue weighted by Crippen LogP contribution is 2.15.